The highest BCUT2D eigenvalue weighted by Gasteiger charge is 2.06. The van der Waals surface area contributed by atoms with Gasteiger partial charge in [-0.1, -0.05) is 17.7 Å². The molecule has 2 rings (SSSR count). The number of thiazole rings is 1. The fraction of sp³-hybridized carbons (Fsp3) is 0.182. The van der Waals surface area contributed by atoms with E-state index in [2.05, 4.69) is 10.3 Å². The van der Waals surface area contributed by atoms with Crippen LogP contribution < -0.4 is 5.32 Å². The number of aromatic nitrogens is 1. The first-order chi connectivity index (χ1) is 7.66. The quantitative estimate of drug-likeness (QED) is 0.902. The first-order valence-electron chi connectivity index (χ1n) is 4.75. The highest BCUT2D eigenvalue weighted by Crippen LogP contribution is 2.22. The molecular weight excluding hydrogens is 247 g/mol. The molecule has 0 amide bonds. The minimum absolute atomic E-state index is 0.125. The van der Waals surface area contributed by atoms with Crippen molar-refractivity contribution in [1.82, 2.24) is 4.98 Å². The summed E-state index contributed by atoms with van der Waals surface area (Å²) in [6.07, 6.45) is 0. The molecular formula is C11H10ClFN2S. The first-order valence-corrected chi connectivity index (χ1v) is 6.01. The molecule has 0 aliphatic heterocycles. The molecule has 1 aromatic heterocycles. The van der Waals surface area contributed by atoms with Gasteiger partial charge in [0.05, 0.1) is 17.3 Å². The van der Waals surface area contributed by atoms with Crippen LogP contribution in [0.15, 0.2) is 23.6 Å². The maximum atomic E-state index is 13.5. The Morgan fingerprint density at radius 2 is 2.31 bits per heavy atom. The third-order valence-corrected chi connectivity index (χ3v) is 3.31. The standard InChI is InChI=1S/C11H10ClFN2S/c1-7-6-16-10(15-7)5-14-9-4-2-3-8(12)11(9)13/h2-4,6,14H,5H2,1H3. The third kappa shape index (κ3) is 2.51. The van der Waals surface area contributed by atoms with Crippen LogP contribution in [0.1, 0.15) is 10.7 Å². The van der Waals surface area contributed by atoms with Crippen LogP contribution in [0.3, 0.4) is 0 Å². The summed E-state index contributed by atoms with van der Waals surface area (Å²) in [6.45, 7) is 2.44. The van der Waals surface area contributed by atoms with Crippen LogP contribution in [0, 0.1) is 12.7 Å². The van der Waals surface area contributed by atoms with E-state index in [9.17, 15) is 4.39 Å². The van der Waals surface area contributed by atoms with Crippen LogP contribution in [0.5, 0.6) is 0 Å². The minimum Gasteiger partial charge on any atom is -0.376 e. The zero-order chi connectivity index (χ0) is 11.5. The molecule has 1 N–H and O–H groups in total. The van der Waals surface area contributed by atoms with Gasteiger partial charge in [-0.15, -0.1) is 11.3 Å². The molecule has 1 aromatic carbocycles. The molecule has 0 radical (unpaired) electrons. The summed E-state index contributed by atoms with van der Waals surface area (Å²) in [5.41, 5.74) is 1.38. The second-order valence-electron chi connectivity index (χ2n) is 3.34. The predicted octanol–water partition coefficient (Wildman–Crippen LogP) is 3.86. The molecule has 2 aromatic rings. The minimum atomic E-state index is -0.419. The van der Waals surface area contributed by atoms with Crippen molar-refractivity contribution in [1.29, 1.82) is 0 Å². The summed E-state index contributed by atoms with van der Waals surface area (Å²) in [4.78, 5) is 4.28. The number of hydrogen-bond acceptors (Lipinski definition) is 3. The Bertz CT molecular complexity index is 498. The SMILES string of the molecule is Cc1csc(CNc2cccc(Cl)c2F)n1. The number of nitrogens with one attached hydrogen (secondary N) is 1. The molecule has 2 nitrogen and oxygen atoms in total. The fourth-order valence-corrected chi connectivity index (χ4v) is 2.18. The van der Waals surface area contributed by atoms with Gasteiger partial charge in [0.25, 0.3) is 0 Å². The van der Waals surface area contributed by atoms with Crippen LogP contribution in [-0.2, 0) is 6.54 Å². The van der Waals surface area contributed by atoms with E-state index in [1.54, 1.807) is 23.5 Å². The van der Waals surface area contributed by atoms with E-state index < -0.39 is 5.82 Å². The lowest BCUT2D eigenvalue weighted by Gasteiger charge is -2.06. The maximum Gasteiger partial charge on any atom is 0.164 e. The van der Waals surface area contributed by atoms with Crippen molar-refractivity contribution in [2.75, 3.05) is 5.32 Å². The van der Waals surface area contributed by atoms with E-state index in [0.717, 1.165) is 10.7 Å². The van der Waals surface area contributed by atoms with Crippen LogP contribution >= 0.6 is 22.9 Å². The Kier molecular flexibility index (Phi) is 3.41. The summed E-state index contributed by atoms with van der Waals surface area (Å²) in [6, 6.07) is 4.89. The Hall–Kier alpha value is -1.13. The molecule has 0 aliphatic rings. The first kappa shape index (κ1) is 11.4. The Labute approximate surface area is 102 Å². The van der Waals surface area contributed by atoms with Gasteiger partial charge in [-0.2, -0.15) is 0 Å². The van der Waals surface area contributed by atoms with Gasteiger partial charge in [-0.05, 0) is 19.1 Å². The number of nitrogens with zero attached hydrogens (tertiary/aromatic N) is 1. The monoisotopic (exact) mass is 256 g/mol. The van der Waals surface area contributed by atoms with Gasteiger partial charge in [0.2, 0.25) is 0 Å². The van der Waals surface area contributed by atoms with Crippen LogP contribution in [0.4, 0.5) is 10.1 Å². The molecule has 0 aliphatic carbocycles. The normalized spacial score (nSPS) is 10.4. The lowest BCUT2D eigenvalue weighted by molar-refractivity contribution is 0.630. The molecule has 1 heterocycles. The number of hydrogen-bond donors (Lipinski definition) is 1. The average molecular weight is 257 g/mol. The number of halogens is 2. The van der Waals surface area contributed by atoms with Gasteiger partial charge in [0.15, 0.2) is 5.82 Å². The highest BCUT2D eigenvalue weighted by molar-refractivity contribution is 7.09. The Morgan fingerprint density at radius 1 is 1.50 bits per heavy atom. The van der Waals surface area contributed by atoms with E-state index >= 15 is 0 Å². The van der Waals surface area contributed by atoms with Crippen molar-refractivity contribution < 1.29 is 4.39 Å². The van der Waals surface area contributed by atoms with Crippen molar-refractivity contribution in [3.8, 4) is 0 Å². The van der Waals surface area contributed by atoms with Crippen LogP contribution in [0.25, 0.3) is 0 Å². The summed E-state index contributed by atoms with van der Waals surface area (Å²) in [7, 11) is 0. The van der Waals surface area contributed by atoms with Gasteiger partial charge >= 0.3 is 0 Å². The molecule has 0 spiro atoms. The molecule has 0 saturated carbocycles. The van der Waals surface area contributed by atoms with Crippen molar-refractivity contribution in [2.45, 2.75) is 13.5 Å². The lowest BCUT2D eigenvalue weighted by Crippen LogP contribution is -2.01. The zero-order valence-corrected chi connectivity index (χ0v) is 10.2. The van der Waals surface area contributed by atoms with Gasteiger partial charge in [0.1, 0.15) is 5.01 Å². The average Bonchev–Trinajstić information content (AvgIpc) is 2.67. The fourth-order valence-electron chi connectivity index (χ4n) is 1.30. The van der Waals surface area contributed by atoms with E-state index in [1.165, 1.54) is 6.07 Å². The van der Waals surface area contributed by atoms with E-state index in [-0.39, 0.29) is 5.02 Å². The summed E-state index contributed by atoms with van der Waals surface area (Å²) < 4.78 is 13.5. The number of aryl methyl sites for hydroxylation is 1. The van der Waals surface area contributed by atoms with Crippen molar-refractivity contribution in [2.24, 2.45) is 0 Å². The number of rotatable bonds is 3. The molecule has 0 saturated heterocycles. The zero-order valence-electron chi connectivity index (χ0n) is 8.63. The van der Waals surface area contributed by atoms with Gasteiger partial charge in [0, 0.05) is 11.1 Å². The lowest BCUT2D eigenvalue weighted by atomic mass is 10.3. The predicted molar refractivity (Wildman–Crippen MR) is 65.6 cm³/mol. The van der Waals surface area contributed by atoms with Crippen molar-refractivity contribution >= 4 is 28.6 Å². The smallest absolute Gasteiger partial charge is 0.164 e. The molecule has 5 heteroatoms. The molecule has 0 bridgehead atoms. The van der Waals surface area contributed by atoms with E-state index in [1.807, 2.05) is 12.3 Å². The molecule has 0 atom stereocenters. The number of benzene rings is 1. The van der Waals surface area contributed by atoms with Gasteiger partial charge in [-0.25, -0.2) is 9.37 Å². The Balaban J connectivity index is 2.07. The topological polar surface area (TPSA) is 24.9 Å². The molecule has 0 fully saturated rings. The molecule has 84 valence electrons. The third-order valence-electron chi connectivity index (χ3n) is 2.05. The van der Waals surface area contributed by atoms with Crippen molar-refractivity contribution in [3.63, 3.8) is 0 Å². The molecule has 16 heavy (non-hydrogen) atoms. The largest absolute Gasteiger partial charge is 0.376 e. The summed E-state index contributed by atoms with van der Waals surface area (Å²) >= 11 is 7.22. The number of anilines is 1. The van der Waals surface area contributed by atoms with Crippen LogP contribution in [0.2, 0.25) is 5.02 Å². The van der Waals surface area contributed by atoms with Gasteiger partial charge < -0.3 is 5.32 Å². The van der Waals surface area contributed by atoms with Crippen LogP contribution in [-0.4, -0.2) is 4.98 Å². The second kappa shape index (κ2) is 4.80. The molecule has 0 unspecified atom stereocenters. The summed E-state index contributed by atoms with van der Waals surface area (Å²) in [5.74, 6) is -0.419. The van der Waals surface area contributed by atoms with Crippen molar-refractivity contribution in [3.05, 3.63) is 45.1 Å². The second-order valence-corrected chi connectivity index (χ2v) is 4.69. The van der Waals surface area contributed by atoms with E-state index in [4.69, 9.17) is 11.6 Å². The van der Waals surface area contributed by atoms with E-state index in [0.29, 0.717) is 12.2 Å². The Morgan fingerprint density at radius 3 is 3.00 bits per heavy atom. The highest BCUT2D eigenvalue weighted by atomic mass is 35.5. The maximum absolute atomic E-state index is 13.5. The van der Waals surface area contributed by atoms with Gasteiger partial charge in [-0.3, -0.25) is 0 Å². The summed E-state index contributed by atoms with van der Waals surface area (Å²) in [5, 5.41) is 5.99.